The minimum atomic E-state index is -5.08. The van der Waals surface area contributed by atoms with Crippen LogP contribution in [0, 0.1) is 5.41 Å². The summed E-state index contributed by atoms with van der Waals surface area (Å²) in [6.45, 7) is 6.91. The maximum Gasteiger partial charge on any atom is 0.490 e. The molecule has 1 heterocycles. The van der Waals surface area contributed by atoms with Gasteiger partial charge in [0.25, 0.3) is 0 Å². The molecule has 7 nitrogen and oxygen atoms in total. The van der Waals surface area contributed by atoms with Crippen molar-refractivity contribution in [3.63, 3.8) is 0 Å². The molecule has 0 spiro atoms. The van der Waals surface area contributed by atoms with Gasteiger partial charge in [-0.3, -0.25) is 4.90 Å². The molecule has 2 aromatic rings. The summed E-state index contributed by atoms with van der Waals surface area (Å²) in [7, 11) is 0. The van der Waals surface area contributed by atoms with Crippen LogP contribution in [0.15, 0.2) is 36.4 Å². The molecule has 0 amide bonds. The number of carboxylic acids is 2. The molecular weight excluding hydrogens is 573 g/mol. The van der Waals surface area contributed by atoms with E-state index >= 15 is 0 Å². The van der Waals surface area contributed by atoms with Crippen molar-refractivity contribution in [3.8, 4) is 0 Å². The van der Waals surface area contributed by atoms with E-state index in [1.54, 1.807) is 12.1 Å². The number of benzene rings is 2. The van der Waals surface area contributed by atoms with Crippen LogP contribution in [0.5, 0.6) is 0 Å². The van der Waals surface area contributed by atoms with Crippen LogP contribution in [-0.2, 0) is 11.3 Å². The van der Waals surface area contributed by atoms with E-state index in [0.29, 0.717) is 36.0 Å². The zero-order chi connectivity index (χ0) is 31.2. The Morgan fingerprint density at radius 1 is 1.10 bits per heavy atom. The topological polar surface area (TPSA) is 122 Å². The van der Waals surface area contributed by atoms with Crippen molar-refractivity contribution in [1.29, 1.82) is 5.41 Å². The lowest BCUT2D eigenvalue weighted by atomic mass is 9.84. The summed E-state index contributed by atoms with van der Waals surface area (Å²) in [4.78, 5) is 22.4. The number of nitrogens with zero attached hydrogens (tertiary/aromatic N) is 1. The fraction of sp³-hybridized carbons (Fsp3) is 0.516. The van der Waals surface area contributed by atoms with Gasteiger partial charge in [-0.15, -0.1) is 0 Å². The smallest absolute Gasteiger partial charge is 0.478 e. The largest absolute Gasteiger partial charge is 0.490 e. The molecule has 4 N–H and O–H groups in total. The van der Waals surface area contributed by atoms with E-state index in [1.165, 1.54) is 41.7 Å². The monoisotopic (exact) mass is 610 g/mol. The number of hydrogen-bond donors (Lipinski definition) is 4. The maximum absolute atomic E-state index is 11.2. The zero-order valence-electron chi connectivity index (χ0n) is 23.8. The van der Waals surface area contributed by atoms with E-state index in [0.717, 1.165) is 37.5 Å². The number of halogens is 4. The van der Waals surface area contributed by atoms with Gasteiger partial charge in [0.05, 0.1) is 11.2 Å². The number of hydrogen-bond acceptors (Lipinski definition) is 5. The molecule has 1 aliphatic heterocycles. The minimum absolute atomic E-state index is 0.202. The molecule has 0 aromatic heterocycles. The van der Waals surface area contributed by atoms with E-state index in [4.69, 9.17) is 32.0 Å². The Morgan fingerprint density at radius 3 is 2.12 bits per heavy atom. The summed E-state index contributed by atoms with van der Waals surface area (Å²) in [5.41, 5.74) is 4.21. The Morgan fingerprint density at radius 2 is 1.64 bits per heavy atom. The van der Waals surface area contributed by atoms with Crippen LogP contribution in [-0.4, -0.2) is 62.7 Å². The minimum Gasteiger partial charge on any atom is -0.478 e. The van der Waals surface area contributed by atoms with Crippen LogP contribution in [0.1, 0.15) is 103 Å². The fourth-order valence-corrected chi connectivity index (χ4v) is 5.72. The standard InChI is InChI=1S/C29H37ClN2O3.C2HF3O2/c1-3-4-19(2)24-15-20(16-25(27(24)30)21-5-6-21)18-32-13-11-29(35,12-14-32)17-26(31)22-7-9-23(10-8-22)28(33)34;3-2(4,5)1(6)7/h7-10,15-16,19,21,31,35H,3-6,11-14,17-18H2,1-2H3,(H,33,34);(H,6,7). The molecule has 2 fully saturated rings. The molecule has 42 heavy (non-hydrogen) atoms. The molecule has 0 radical (unpaired) electrons. The summed E-state index contributed by atoms with van der Waals surface area (Å²) in [6, 6.07) is 10.9. The predicted molar refractivity (Wildman–Crippen MR) is 155 cm³/mol. The summed E-state index contributed by atoms with van der Waals surface area (Å²) in [6.07, 6.45) is 1.16. The third-order valence-electron chi connectivity index (χ3n) is 7.88. The molecule has 1 unspecified atom stereocenters. The van der Waals surface area contributed by atoms with Crippen LogP contribution < -0.4 is 0 Å². The first-order chi connectivity index (χ1) is 19.6. The third kappa shape index (κ3) is 9.28. The second-order valence-corrected chi connectivity index (χ2v) is 11.8. The molecule has 1 saturated carbocycles. The van der Waals surface area contributed by atoms with Gasteiger partial charge in [-0.05, 0) is 78.3 Å². The first-order valence-electron chi connectivity index (χ1n) is 14.1. The summed E-state index contributed by atoms with van der Waals surface area (Å²) < 4.78 is 31.7. The molecule has 1 aliphatic carbocycles. The van der Waals surface area contributed by atoms with E-state index in [9.17, 15) is 23.1 Å². The Bertz CT molecular complexity index is 1270. The molecule has 230 valence electrons. The lowest BCUT2D eigenvalue weighted by Crippen LogP contribution is -2.45. The SMILES string of the molecule is CCCC(C)c1cc(CN2CCC(O)(CC(=N)c3ccc(C(=O)O)cc3)CC2)cc(C2CC2)c1Cl.O=C(O)C(F)(F)F. The fourth-order valence-electron chi connectivity index (χ4n) is 5.27. The number of carboxylic acid groups (broad SMARTS) is 2. The quantitative estimate of drug-likeness (QED) is 0.210. The van der Waals surface area contributed by atoms with Crippen molar-refractivity contribution in [2.45, 2.75) is 89.0 Å². The second kappa shape index (κ2) is 14.0. The summed E-state index contributed by atoms with van der Waals surface area (Å²) in [5.74, 6) is -2.68. The van der Waals surface area contributed by atoms with Gasteiger partial charge >= 0.3 is 18.1 Å². The van der Waals surface area contributed by atoms with Crippen LogP contribution in [0.3, 0.4) is 0 Å². The number of aliphatic hydroxyl groups is 1. The van der Waals surface area contributed by atoms with Crippen molar-refractivity contribution >= 4 is 29.3 Å². The maximum atomic E-state index is 11.2. The van der Waals surface area contributed by atoms with E-state index < -0.39 is 23.7 Å². The number of aliphatic carboxylic acids is 1. The lowest BCUT2D eigenvalue weighted by Gasteiger charge is -2.38. The van der Waals surface area contributed by atoms with Gasteiger partial charge < -0.3 is 20.7 Å². The van der Waals surface area contributed by atoms with Crippen molar-refractivity contribution < 1.29 is 38.1 Å². The number of likely N-dealkylation sites (tertiary alicyclic amines) is 1. The number of piperidine rings is 1. The highest BCUT2D eigenvalue weighted by molar-refractivity contribution is 6.32. The highest BCUT2D eigenvalue weighted by Gasteiger charge is 2.38. The van der Waals surface area contributed by atoms with Gasteiger partial charge in [0.2, 0.25) is 0 Å². The number of carbonyl (C=O) groups is 2. The molecular formula is C31H38ClF3N2O5. The highest BCUT2D eigenvalue weighted by Crippen LogP contribution is 2.46. The van der Waals surface area contributed by atoms with Gasteiger partial charge in [0.15, 0.2) is 0 Å². The van der Waals surface area contributed by atoms with Crippen LogP contribution in [0.25, 0.3) is 0 Å². The second-order valence-electron chi connectivity index (χ2n) is 11.4. The van der Waals surface area contributed by atoms with E-state index in [2.05, 4.69) is 30.9 Å². The predicted octanol–water partition coefficient (Wildman–Crippen LogP) is 7.24. The highest BCUT2D eigenvalue weighted by atomic mass is 35.5. The number of alkyl halides is 3. The number of rotatable bonds is 10. The van der Waals surface area contributed by atoms with E-state index in [1.807, 2.05) is 0 Å². The zero-order valence-corrected chi connectivity index (χ0v) is 24.6. The van der Waals surface area contributed by atoms with Crippen molar-refractivity contribution in [2.24, 2.45) is 0 Å². The number of aromatic carboxylic acids is 1. The Kier molecular flexibility index (Phi) is 11.2. The first-order valence-corrected chi connectivity index (χ1v) is 14.5. The van der Waals surface area contributed by atoms with Gasteiger partial charge in [-0.25, -0.2) is 9.59 Å². The van der Waals surface area contributed by atoms with Crippen molar-refractivity contribution in [1.82, 2.24) is 4.90 Å². The lowest BCUT2D eigenvalue weighted by molar-refractivity contribution is -0.192. The van der Waals surface area contributed by atoms with Crippen molar-refractivity contribution in [3.05, 3.63) is 69.2 Å². The van der Waals surface area contributed by atoms with Crippen LogP contribution in [0.2, 0.25) is 5.02 Å². The van der Waals surface area contributed by atoms with Crippen LogP contribution in [0.4, 0.5) is 13.2 Å². The molecule has 1 atom stereocenters. The van der Waals surface area contributed by atoms with Crippen molar-refractivity contribution in [2.75, 3.05) is 13.1 Å². The molecule has 0 bridgehead atoms. The average molecular weight is 611 g/mol. The molecule has 2 aromatic carbocycles. The Labute approximate surface area is 248 Å². The average Bonchev–Trinajstić information content (AvgIpc) is 3.76. The number of nitrogens with one attached hydrogen (secondary N) is 1. The normalized spacial score (nSPS) is 17.6. The van der Waals surface area contributed by atoms with Gasteiger partial charge in [-0.2, -0.15) is 13.2 Å². The van der Waals surface area contributed by atoms with Gasteiger partial charge in [0, 0.05) is 36.8 Å². The third-order valence-corrected chi connectivity index (χ3v) is 8.32. The van der Waals surface area contributed by atoms with Gasteiger partial charge in [0.1, 0.15) is 0 Å². The molecule has 4 rings (SSSR count). The summed E-state index contributed by atoms with van der Waals surface area (Å²) in [5, 5.41) is 36.8. The van der Waals surface area contributed by atoms with E-state index in [-0.39, 0.29) is 12.0 Å². The summed E-state index contributed by atoms with van der Waals surface area (Å²) >= 11 is 6.85. The Balaban J connectivity index is 0.000000616. The first kappa shape index (κ1) is 33.6. The molecule has 1 saturated heterocycles. The molecule has 2 aliphatic rings. The molecule has 11 heteroatoms. The van der Waals surface area contributed by atoms with Gasteiger partial charge in [-0.1, -0.05) is 56.1 Å². The Hall–Kier alpha value is -2.95. The van der Waals surface area contributed by atoms with Crippen LogP contribution >= 0.6 is 11.6 Å².